The molecule has 0 spiro atoms. The van der Waals surface area contributed by atoms with E-state index < -0.39 is 65.4 Å². The number of halogens is 4. The van der Waals surface area contributed by atoms with Crippen molar-refractivity contribution in [3.63, 3.8) is 0 Å². The molecule has 83 heavy (non-hydrogen) atoms. The van der Waals surface area contributed by atoms with E-state index in [9.17, 15) is 50.0 Å². The summed E-state index contributed by atoms with van der Waals surface area (Å²) in [6.07, 6.45) is 7.09. The number of fused-ring (bicyclic) bond motifs is 2. The zero-order valence-electron chi connectivity index (χ0n) is 44.3. The molecule has 4 aromatic carbocycles. The summed E-state index contributed by atoms with van der Waals surface area (Å²) in [6, 6.07) is 20.6. The number of rotatable bonds is 12. The van der Waals surface area contributed by atoms with E-state index in [1.807, 2.05) is 45.2 Å². The van der Waals surface area contributed by atoms with Crippen LogP contribution in [0.5, 0.6) is 0 Å². The van der Waals surface area contributed by atoms with Crippen molar-refractivity contribution in [3.05, 3.63) is 172 Å². The van der Waals surface area contributed by atoms with Crippen LogP contribution >= 0.6 is 45.2 Å². The zero-order valence-corrected chi connectivity index (χ0v) is 50.3. The molecule has 1 aliphatic heterocycles. The number of aryl methyl sites for hydroxylation is 2. The maximum atomic E-state index is 15.2. The number of aromatic nitrogens is 7. The van der Waals surface area contributed by atoms with Crippen molar-refractivity contribution >= 4 is 122 Å². The summed E-state index contributed by atoms with van der Waals surface area (Å²) in [6.45, 7) is 3.55. The second kappa shape index (κ2) is 25.0. The fourth-order valence-corrected chi connectivity index (χ4v) is 11.4. The third-order valence-corrected chi connectivity index (χ3v) is 15.9. The van der Waals surface area contributed by atoms with Crippen LogP contribution in [0.2, 0.25) is 0 Å². The van der Waals surface area contributed by atoms with Gasteiger partial charge in [-0.25, -0.2) is 53.7 Å². The molecule has 1 saturated heterocycles. The van der Waals surface area contributed by atoms with Crippen molar-refractivity contribution in [3.8, 4) is 11.4 Å². The Morgan fingerprint density at radius 3 is 1.67 bits per heavy atom. The lowest BCUT2D eigenvalue weighted by Crippen LogP contribution is -2.56. The Bertz CT molecular complexity index is 4510. The molecule has 0 atom stereocenters. The Morgan fingerprint density at radius 2 is 1.14 bits per heavy atom. The minimum absolute atomic E-state index is 0. The van der Waals surface area contributed by atoms with Crippen LogP contribution in [0.3, 0.4) is 0 Å². The summed E-state index contributed by atoms with van der Waals surface area (Å²) in [7, 11) is -2.85. The summed E-state index contributed by atoms with van der Waals surface area (Å²) in [4.78, 5) is 81.8. The van der Waals surface area contributed by atoms with E-state index in [0.717, 1.165) is 39.4 Å². The molecular formula is C55H62F2I2N11O11S2+. The van der Waals surface area contributed by atoms with Crippen LogP contribution in [0, 0.1) is 25.7 Å². The largest absolute Gasteiger partial charge is 0.444 e. The van der Waals surface area contributed by atoms with Crippen molar-refractivity contribution in [1.29, 1.82) is 0 Å². The molecule has 2 saturated carbocycles. The van der Waals surface area contributed by atoms with Crippen LogP contribution in [0.4, 0.5) is 43.0 Å². The molecule has 8 aromatic rings. The van der Waals surface area contributed by atoms with Gasteiger partial charge in [-0.1, -0.05) is 27.0 Å². The predicted molar refractivity (Wildman–Crippen MR) is 336 cm³/mol. The van der Waals surface area contributed by atoms with Crippen LogP contribution in [-0.2, 0) is 45.9 Å². The van der Waals surface area contributed by atoms with Crippen LogP contribution in [0.15, 0.2) is 114 Å². The summed E-state index contributed by atoms with van der Waals surface area (Å²) in [5, 5.41) is 6.02. The summed E-state index contributed by atoms with van der Waals surface area (Å²) < 4.78 is 96.1. The normalized spacial score (nSPS) is 13.9. The molecule has 2 aliphatic carbocycles. The first-order valence-electron chi connectivity index (χ1n) is 25.1. The molecule has 0 radical (unpaired) electrons. The van der Waals surface area contributed by atoms with Crippen molar-refractivity contribution < 1.29 is 34.9 Å². The van der Waals surface area contributed by atoms with Crippen LogP contribution < -0.4 is 58.4 Å². The van der Waals surface area contributed by atoms with Gasteiger partial charge < -0.3 is 15.4 Å². The maximum absolute atomic E-state index is 15.2. The number of ether oxygens (including phenoxy) is 1. The standard InChI is InChI=1S/C25H23FIN5O5S.C24H22FIN6O5S.C4H8O.2CH4/c1-13-21(28-15-5-4-6-16(12-15)29-38(3,36)37)20-22(30(2)23(13)33)32(19-10-7-14(27)11-18(19)26)25(35)31(24(20)34)17-8-9-17;1-29-20(27-18-10-7-13(26)11-17(18)25)19-21(30(2)23(29)34)31(24(35)32(22(19)33)15-8-9-15)16-6-4-5-14(12-16)28-38(3,36)37;1-2-4-5-3-1;;/h4-7,10-12,17,28-29H,8-9H2,1-3H3;4-7,10-12,15,28H,8-9H2,1-3H3;1-4H2;2*1H4/p+1. The molecule has 0 amide bonds. The number of pyridine rings is 1. The van der Waals surface area contributed by atoms with Gasteiger partial charge in [0.25, 0.3) is 22.3 Å². The fourth-order valence-electron chi connectivity index (χ4n) is 9.40. The highest BCUT2D eigenvalue weighted by Crippen LogP contribution is 2.36. The number of hydrogen-bond donors (Lipinski definition) is 4. The van der Waals surface area contributed by atoms with Gasteiger partial charge in [0.1, 0.15) is 28.4 Å². The Hall–Kier alpha value is -7.03. The van der Waals surface area contributed by atoms with Crippen LogP contribution in [0.1, 0.15) is 71.0 Å². The molecule has 0 bridgehead atoms. The van der Waals surface area contributed by atoms with Gasteiger partial charge in [-0.3, -0.25) is 33.0 Å². The second-order valence-corrected chi connectivity index (χ2v) is 25.7. The molecule has 3 aliphatic rings. The predicted octanol–water partition coefficient (Wildman–Crippen LogP) is 7.29. The molecule has 442 valence electrons. The van der Waals surface area contributed by atoms with E-state index in [1.165, 1.54) is 94.7 Å². The van der Waals surface area contributed by atoms with E-state index in [0.29, 0.717) is 38.5 Å². The van der Waals surface area contributed by atoms with Gasteiger partial charge in [-0.2, -0.15) is 9.13 Å². The number of sulfonamides is 2. The van der Waals surface area contributed by atoms with E-state index in [1.54, 1.807) is 49.4 Å². The van der Waals surface area contributed by atoms with Gasteiger partial charge in [-0.15, -0.1) is 0 Å². The third kappa shape index (κ3) is 13.5. The number of nitrogens with zero attached hydrogens (tertiary/aromatic N) is 7. The summed E-state index contributed by atoms with van der Waals surface area (Å²) in [5.41, 5.74) is -2.34. The third-order valence-electron chi connectivity index (χ3n) is 13.4. The highest BCUT2D eigenvalue weighted by Gasteiger charge is 2.36. The number of nitrogens with one attached hydrogen (secondary N) is 4. The molecular weight excluding hydrogens is 1350 g/mol. The average Bonchev–Trinajstić information content (AvgIpc) is 2.12. The highest BCUT2D eigenvalue weighted by molar-refractivity contribution is 14.1. The smallest absolute Gasteiger partial charge is 0.381 e. The number of benzene rings is 4. The summed E-state index contributed by atoms with van der Waals surface area (Å²) in [5.74, 6) is -1.24. The lowest BCUT2D eigenvalue weighted by Gasteiger charge is -2.21. The lowest BCUT2D eigenvalue weighted by atomic mass is 10.1. The second-order valence-electron chi connectivity index (χ2n) is 19.7. The Labute approximate surface area is 502 Å². The van der Waals surface area contributed by atoms with Crippen LogP contribution in [-0.4, -0.2) is 70.0 Å². The zero-order chi connectivity index (χ0) is 58.6. The Morgan fingerprint density at radius 1 is 0.627 bits per heavy atom. The van der Waals surface area contributed by atoms with E-state index in [2.05, 4.69) is 20.1 Å². The van der Waals surface area contributed by atoms with E-state index in [4.69, 9.17) is 4.74 Å². The Kier molecular flexibility index (Phi) is 19.2. The highest BCUT2D eigenvalue weighted by atomic mass is 127. The molecule has 5 heterocycles. The van der Waals surface area contributed by atoms with Gasteiger partial charge in [0.15, 0.2) is 11.2 Å². The maximum Gasteiger partial charge on any atom is 0.444 e. The molecule has 0 unspecified atom stereocenters. The number of anilines is 6. The van der Waals surface area contributed by atoms with Gasteiger partial charge in [0.05, 0.1) is 55.0 Å². The average molecular weight is 1410 g/mol. The van der Waals surface area contributed by atoms with Crippen molar-refractivity contribution in [2.75, 3.05) is 45.8 Å². The topological polar surface area (TPSA) is 262 Å². The molecule has 4 N–H and O–H groups in total. The SMILES string of the molecule is C.C.C1CCOC1.Cc1c(Nc2cccc(NS(C)(=O)=O)c2)c2c(=O)n(C3CC3)c(=O)n(-c3ccc(I)cc3F)c2n(C)c1=O.Cn1c(Nc2ccc(I)cc2F)c2c(=O)n(C3CC3)c(=O)n(-c3cccc(NS(C)(=O)=O)c3)c2[n+](C)c1=O. The molecule has 22 nitrogen and oxygen atoms in total. The monoisotopic (exact) mass is 1410 g/mol. The minimum Gasteiger partial charge on any atom is -0.381 e. The lowest BCUT2D eigenvalue weighted by molar-refractivity contribution is -0.667. The van der Waals surface area contributed by atoms with E-state index in [-0.39, 0.29) is 94.5 Å². The number of hydrogen-bond acceptors (Lipinski definition) is 13. The van der Waals surface area contributed by atoms with Gasteiger partial charge in [-0.05, 0) is 157 Å². The quantitative estimate of drug-likeness (QED) is 0.0693. The van der Waals surface area contributed by atoms with Crippen LogP contribution in [0.25, 0.3) is 33.4 Å². The molecule has 3 fully saturated rings. The van der Waals surface area contributed by atoms with Crippen molar-refractivity contribution in [2.24, 2.45) is 21.1 Å². The summed E-state index contributed by atoms with van der Waals surface area (Å²) >= 11 is 3.93. The first kappa shape index (κ1) is 63.5. The van der Waals surface area contributed by atoms with Gasteiger partial charge in [0, 0.05) is 56.8 Å². The van der Waals surface area contributed by atoms with Gasteiger partial charge in [0.2, 0.25) is 20.0 Å². The minimum atomic E-state index is -3.61. The van der Waals surface area contributed by atoms with Gasteiger partial charge >= 0.3 is 17.1 Å². The van der Waals surface area contributed by atoms with E-state index >= 15 is 4.39 Å². The first-order chi connectivity index (χ1) is 38.2. The Balaban J connectivity index is 0.000000215. The fraction of sp³-hybridized carbons (Fsp3) is 0.327. The van der Waals surface area contributed by atoms with Crippen molar-refractivity contribution in [2.45, 2.75) is 72.4 Å². The molecule has 28 heteroatoms. The molecule has 11 rings (SSSR count). The van der Waals surface area contributed by atoms with Crippen molar-refractivity contribution in [1.82, 2.24) is 27.4 Å². The first-order valence-corrected chi connectivity index (χ1v) is 31.1. The molecule has 4 aromatic heterocycles.